The zero-order valence-electron chi connectivity index (χ0n) is 19.7. The van der Waals surface area contributed by atoms with Gasteiger partial charge in [0.15, 0.2) is 16.6 Å². The summed E-state index contributed by atoms with van der Waals surface area (Å²) >= 11 is 13.5. The first kappa shape index (κ1) is 26.2. The molecule has 1 heterocycles. The number of anilines is 1. The van der Waals surface area contributed by atoms with Crippen LogP contribution in [0.5, 0.6) is 11.5 Å². The number of benzene rings is 3. The van der Waals surface area contributed by atoms with Gasteiger partial charge in [0.05, 0.1) is 7.11 Å². The third-order valence-corrected chi connectivity index (χ3v) is 6.52. The Labute approximate surface area is 228 Å². The summed E-state index contributed by atoms with van der Waals surface area (Å²) in [6.45, 7) is 0.387. The van der Waals surface area contributed by atoms with Crippen molar-refractivity contribution in [2.75, 3.05) is 12.4 Å². The van der Waals surface area contributed by atoms with Crippen LogP contribution in [0.15, 0.2) is 78.5 Å². The van der Waals surface area contributed by atoms with Crippen molar-refractivity contribution < 1.29 is 14.3 Å². The second kappa shape index (κ2) is 12.4. The molecule has 6 nitrogen and oxygen atoms in total. The van der Waals surface area contributed by atoms with Gasteiger partial charge in [-0.05, 0) is 53.1 Å². The van der Waals surface area contributed by atoms with Gasteiger partial charge in [-0.15, -0.1) is 11.3 Å². The van der Waals surface area contributed by atoms with Crippen molar-refractivity contribution in [2.45, 2.75) is 13.0 Å². The topological polar surface area (TPSA) is 84.2 Å². The molecule has 1 N–H and O–H groups in total. The second-order valence-electron chi connectivity index (χ2n) is 7.89. The van der Waals surface area contributed by atoms with Crippen molar-refractivity contribution in [2.24, 2.45) is 0 Å². The molecule has 3 aromatic carbocycles. The molecule has 37 heavy (non-hydrogen) atoms. The van der Waals surface area contributed by atoms with Crippen LogP contribution in [0.1, 0.15) is 21.6 Å². The largest absolute Gasteiger partial charge is 0.493 e. The summed E-state index contributed by atoms with van der Waals surface area (Å²) in [6, 6.07) is 22.3. The maximum Gasteiger partial charge on any atom is 0.268 e. The number of hydrogen-bond acceptors (Lipinski definition) is 6. The Morgan fingerprint density at radius 2 is 1.81 bits per heavy atom. The summed E-state index contributed by atoms with van der Waals surface area (Å²) in [6.07, 6.45) is 3.72. The molecule has 0 fully saturated rings. The Morgan fingerprint density at radius 1 is 1.05 bits per heavy atom. The molecule has 0 radical (unpaired) electrons. The molecule has 0 aliphatic rings. The van der Waals surface area contributed by atoms with Crippen LogP contribution in [-0.4, -0.2) is 18.0 Å². The third kappa shape index (κ3) is 7.34. The number of methoxy groups -OCH3 is 1. The fraction of sp³-hybridized carbons (Fsp3) is 0.107. The molecule has 1 amide bonds. The van der Waals surface area contributed by atoms with Crippen LogP contribution in [-0.2, 0) is 17.8 Å². The zero-order chi connectivity index (χ0) is 26.2. The second-order valence-corrected chi connectivity index (χ2v) is 9.88. The number of nitrogens with zero attached hydrogens (tertiary/aromatic N) is 2. The maximum absolute atomic E-state index is 12.8. The van der Waals surface area contributed by atoms with Crippen molar-refractivity contribution in [3.8, 4) is 17.6 Å². The molecule has 0 unspecified atom stereocenters. The number of halogens is 2. The highest BCUT2D eigenvalue weighted by Gasteiger charge is 2.14. The van der Waals surface area contributed by atoms with Gasteiger partial charge in [-0.25, -0.2) is 4.98 Å². The molecule has 9 heteroatoms. The maximum atomic E-state index is 12.8. The summed E-state index contributed by atoms with van der Waals surface area (Å²) in [5.74, 6) is 0.494. The Morgan fingerprint density at radius 3 is 2.51 bits per heavy atom. The van der Waals surface area contributed by atoms with E-state index in [4.69, 9.17) is 32.7 Å². The lowest BCUT2D eigenvalue weighted by molar-refractivity contribution is -0.112. The molecule has 0 bridgehead atoms. The van der Waals surface area contributed by atoms with Crippen LogP contribution in [0.3, 0.4) is 0 Å². The molecule has 0 aliphatic carbocycles. The minimum absolute atomic E-state index is 0.0709. The predicted octanol–water partition coefficient (Wildman–Crippen LogP) is 7.17. The van der Waals surface area contributed by atoms with Gasteiger partial charge >= 0.3 is 0 Å². The van der Waals surface area contributed by atoms with E-state index in [-0.39, 0.29) is 5.57 Å². The van der Waals surface area contributed by atoms with Crippen molar-refractivity contribution >= 4 is 51.7 Å². The van der Waals surface area contributed by atoms with Crippen LogP contribution >= 0.6 is 34.5 Å². The van der Waals surface area contributed by atoms with Crippen LogP contribution in [0.25, 0.3) is 6.08 Å². The number of nitriles is 1. The summed E-state index contributed by atoms with van der Waals surface area (Å²) in [5, 5.41) is 13.8. The molecule has 0 atom stereocenters. The molecular formula is C28H21Cl2N3O3S. The fourth-order valence-corrected chi connectivity index (χ4v) is 4.88. The molecule has 0 saturated heterocycles. The zero-order valence-corrected chi connectivity index (χ0v) is 22.0. The van der Waals surface area contributed by atoms with Gasteiger partial charge in [-0.3, -0.25) is 10.1 Å². The highest BCUT2D eigenvalue weighted by Crippen LogP contribution is 2.30. The Balaban J connectivity index is 1.43. The molecule has 0 aliphatic heterocycles. The first-order chi connectivity index (χ1) is 17.9. The van der Waals surface area contributed by atoms with Gasteiger partial charge in [0, 0.05) is 27.5 Å². The van der Waals surface area contributed by atoms with Gasteiger partial charge in [0.2, 0.25) is 0 Å². The summed E-state index contributed by atoms with van der Waals surface area (Å²) in [7, 11) is 1.54. The van der Waals surface area contributed by atoms with E-state index in [1.807, 2.05) is 48.5 Å². The first-order valence-corrected chi connectivity index (χ1v) is 12.7. The number of carbonyl (C=O) groups is 1. The van der Waals surface area contributed by atoms with E-state index in [1.165, 1.54) is 24.5 Å². The number of carbonyl (C=O) groups excluding carboxylic acids is 1. The first-order valence-electron chi connectivity index (χ1n) is 11.1. The minimum atomic E-state index is -0.558. The summed E-state index contributed by atoms with van der Waals surface area (Å²) in [4.78, 5) is 17.9. The number of amides is 1. The average Bonchev–Trinajstić information content (AvgIpc) is 3.32. The number of rotatable bonds is 9. The van der Waals surface area contributed by atoms with E-state index >= 15 is 0 Å². The molecule has 0 spiro atoms. The normalized spacial score (nSPS) is 11.0. The molecule has 0 saturated carbocycles. The van der Waals surface area contributed by atoms with E-state index in [2.05, 4.69) is 10.3 Å². The van der Waals surface area contributed by atoms with Crippen molar-refractivity contribution in [1.82, 2.24) is 4.98 Å². The third-order valence-electron chi connectivity index (χ3n) is 5.18. The lowest BCUT2D eigenvalue weighted by atomic mass is 10.1. The quantitative estimate of drug-likeness (QED) is 0.176. The number of thiazole rings is 1. The molecular weight excluding hydrogens is 529 g/mol. The summed E-state index contributed by atoms with van der Waals surface area (Å²) in [5.41, 5.74) is 2.51. The lowest BCUT2D eigenvalue weighted by Crippen LogP contribution is -2.13. The van der Waals surface area contributed by atoms with E-state index in [9.17, 15) is 10.1 Å². The SMILES string of the molecule is COc1cc(C=C(C#N)C(=O)Nc2ncc(Cc3cc(Cl)cc(Cl)c3)s2)ccc1OCc1ccccc1. The molecule has 4 aromatic rings. The number of ether oxygens (including phenoxy) is 2. The number of aromatic nitrogens is 1. The Kier molecular flexibility index (Phi) is 8.81. The smallest absolute Gasteiger partial charge is 0.268 e. The fourth-order valence-electron chi connectivity index (χ4n) is 3.47. The van der Waals surface area contributed by atoms with Crippen LogP contribution in [0, 0.1) is 11.3 Å². The van der Waals surface area contributed by atoms with Crippen molar-refractivity contribution in [3.05, 3.63) is 110 Å². The molecule has 186 valence electrons. The predicted molar refractivity (Wildman–Crippen MR) is 147 cm³/mol. The van der Waals surface area contributed by atoms with Crippen molar-refractivity contribution in [3.63, 3.8) is 0 Å². The molecule has 4 rings (SSSR count). The lowest BCUT2D eigenvalue weighted by Gasteiger charge is -2.11. The highest BCUT2D eigenvalue weighted by atomic mass is 35.5. The standard InChI is InChI=1S/C28H21Cl2N3O3S/c1-35-26-13-19(7-8-25(26)36-17-18-5-3-2-4-6-18)9-21(15-31)27(34)33-28-32-16-24(37-28)12-20-10-22(29)14-23(30)11-20/h2-11,13-14,16H,12,17H2,1H3,(H,32,33,34). The van der Waals surface area contributed by atoms with Crippen molar-refractivity contribution in [1.29, 1.82) is 5.26 Å². The van der Waals surface area contributed by atoms with E-state index in [0.29, 0.717) is 45.3 Å². The number of hydrogen-bond donors (Lipinski definition) is 1. The number of nitrogens with one attached hydrogen (secondary N) is 1. The van der Waals surface area contributed by atoms with Crippen LogP contribution < -0.4 is 14.8 Å². The minimum Gasteiger partial charge on any atom is -0.493 e. The Bertz CT molecular complexity index is 1460. The monoisotopic (exact) mass is 549 g/mol. The molecule has 1 aromatic heterocycles. The van der Waals surface area contributed by atoms with Gasteiger partial charge < -0.3 is 9.47 Å². The van der Waals surface area contributed by atoms with Gasteiger partial charge in [0.1, 0.15) is 18.2 Å². The average molecular weight is 550 g/mol. The van der Waals surface area contributed by atoms with Gasteiger partial charge in [-0.2, -0.15) is 5.26 Å². The van der Waals surface area contributed by atoms with Gasteiger partial charge in [-0.1, -0.05) is 59.6 Å². The van der Waals surface area contributed by atoms with Gasteiger partial charge in [0.25, 0.3) is 5.91 Å². The van der Waals surface area contributed by atoms with E-state index in [1.54, 1.807) is 30.5 Å². The van der Waals surface area contributed by atoms with Crippen LogP contribution in [0.2, 0.25) is 10.0 Å². The Hall–Kier alpha value is -3.83. The summed E-state index contributed by atoms with van der Waals surface area (Å²) < 4.78 is 11.3. The van der Waals surface area contributed by atoms with E-state index in [0.717, 1.165) is 16.0 Å². The highest BCUT2D eigenvalue weighted by molar-refractivity contribution is 7.15. The van der Waals surface area contributed by atoms with E-state index < -0.39 is 5.91 Å². The van der Waals surface area contributed by atoms with Crippen LogP contribution in [0.4, 0.5) is 5.13 Å².